The van der Waals surface area contributed by atoms with Crippen LogP contribution in [0.4, 0.5) is 13.2 Å². The van der Waals surface area contributed by atoms with Gasteiger partial charge < -0.3 is 4.90 Å². The number of aryl methyl sites for hydroxylation is 1. The van der Waals surface area contributed by atoms with Gasteiger partial charge in [0.25, 0.3) is 0 Å². The fraction of sp³-hybridized carbons (Fsp3) is 0.526. The molecule has 0 amide bonds. The molecule has 1 aliphatic heterocycles. The van der Waals surface area contributed by atoms with E-state index in [0.29, 0.717) is 30.5 Å². The number of hydrazone groups is 1. The van der Waals surface area contributed by atoms with Gasteiger partial charge in [-0.05, 0) is 47.0 Å². The molecule has 1 aliphatic rings. The average Bonchev–Trinajstić information content (AvgIpc) is 2.74. The van der Waals surface area contributed by atoms with Gasteiger partial charge in [0.15, 0.2) is 6.29 Å². The van der Waals surface area contributed by atoms with Gasteiger partial charge in [-0.1, -0.05) is 24.6 Å². The van der Waals surface area contributed by atoms with E-state index < -0.39 is 12.2 Å². The van der Waals surface area contributed by atoms with Crippen molar-refractivity contribution in [3.63, 3.8) is 0 Å². The van der Waals surface area contributed by atoms with Crippen molar-refractivity contribution in [1.29, 1.82) is 0 Å². The number of rotatable bonds is 8. The normalized spacial score (nSPS) is 20.4. The summed E-state index contributed by atoms with van der Waals surface area (Å²) in [7, 11) is 1.78. The quantitative estimate of drug-likeness (QED) is 0.109. The summed E-state index contributed by atoms with van der Waals surface area (Å²) in [4.78, 5) is 18.7. The fourth-order valence-corrected chi connectivity index (χ4v) is 4.28. The Kier molecular flexibility index (Phi) is 9.98. The summed E-state index contributed by atoms with van der Waals surface area (Å²) in [6.45, 7) is 4.18. The van der Waals surface area contributed by atoms with Crippen LogP contribution in [0.5, 0.6) is 0 Å². The van der Waals surface area contributed by atoms with Gasteiger partial charge in [-0.15, -0.1) is 0 Å². The van der Waals surface area contributed by atoms with Gasteiger partial charge in [0.2, 0.25) is 0 Å². The van der Waals surface area contributed by atoms with E-state index in [0.717, 1.165) is 0 Å². The molecule has 0 saturated carbocycles. The van der Waals surface area contributed by atoms with E-state index in [4.69, 9.17) is 11.6 Å². The lowest BCUT2D eigenvalue weighted by Crippen LogP contribution is -2.55. The Balaban J connectivity index is 2.32. The number of aromatic nitrogens is 1. The Labute approximate surface area is 200 Å². The van der Waals surface area contributed by atoms with Gasteiger partial charge in [-0.25, -0.2) is 0 Å². The highest BCUT2D eigenvalue weighted by atomic mass is 127. The van der Waals surface area contributed by atoms with Crippen LogP contribution >= 0.6 is 40.0 Å². The van der Waals surface area contributed by atoms with Crippen LogP contribution in [0, 0.1) is 0 Å². The number of alkyl halides is 3. The van der Waals surface area contributed by atoms with Gasteiger partial charge in [0.1, 0.15) is 11.1 Å². The summed E-state index contributed by atoms with van der Waals surface area (Å²) in [6, 6.07) is 0.985. The maximum Gasteiger partial charge on any atom is 0.408 e. The monoisotopic (exact) mass is 589 g/mol. The first-order chi connectivity index (χ1) is 14.6. The van der Waals surface area contributed by atoms with E-state index in [9.17, 15) is 18.0 Å². The largest absolute Gasteiger partial charge is 0.408 e. The molecule has 1 fully saturated rings. The van der Waals surface area contributed by atoms with Gasteiger partial charge >= 0.3 is 6.18 Å². The second-order valence-electron chi connectivity index (χ2n) is 7.08. The highest BCUT2D eigenvalue weighted by Crippen LogP contribution is 2.40. The first kappa shape index (κ1) is 26.3. The summed E-state index contributed by atoms with van der Waals surface area (Å²) in [6.07, 6.45) is -0.105. The maximum atomic E-state index is 14.1. The molecule has 12 heteroatoms. The highest BCUT2D eigenvalue weighted by molar-refractivity contribution is 14.2. The number of hydrogen-bond donors (Lipinski definition) is 0. The van der Waals surface area contributed by atoms with Crippen molar-refractivity contribution < 1.29 is 18.0 Å². The van der Waals surface area contributed by atoms with Crippen molar-refractivity contribution in [2.75, 3.05) is 26.7 Å². The Hall–Kier alpha value is -0.970. The molecular formula is C19H25ClF3IN5OP. The van der Waals surface area contributed by atoms with E-state index in [1.165, 1.54) is 23.4 Å². The lowest BCUT2D eigenvalue weighted by atomic mass is 9.99. The third-order valence-electron chi connectivity index (χ3n) is 5.02. The van der Waals surface area contributed by atoms with Crippen LogP contribution in [0.15, 0.2) is 34.2 Å². The van der Waals surface area contributed by atoms with E-state index in [1.54, 1.807) is 24.8 Å². The molecule has 31 heavy (non-hydrogen) atoms. The summed E-state index contributed by atoms with van der Waals surface area (Å²) in [5, 5.41) is 4.23. The zero-order valence-electron chi connectivity index (χ0n) is 17.4. The number of aldehydes is 1. The van der Waals surface area contributed by atoms with Crippen LogP contribution in [-0.4, -0.2) is 71.0 Å². The van der Waals surface area contributed by atoms with Crippen LogP contribution in [0.25, 0.3) is 0 Å². The van der Waals surface area contributed by atoms with Crippen LogP contribution in [0.3, 0.4) is 0 Å². The molecule has 172 valence electrons. The highest BCUT2D eigenvalue weighted by Gasteiger charge is 2.47. The topological polar surface area (TPSA) is 52.0 Å². The maximum absolute atomic E-state index is 14.1. The molecule has 0 radical (unpaired) electrons. The second kappa shape index (κ2) is 11.8. The molecule has 2 heterocycles. The van der Waals surface area contributed by atoms with Crippen molar-refractivity contribution in [2.24, 2.45) is 5.10 Å². The summed E-state index contributed by atoms with van der Waals surface area (Å²) in [5.74, 6) is 0. The minimum absolute atomic E-state index is 0.0258. The van der Waals surface area contributed by atoms with Crippen LogP contribution in [-0.2, 0) is 11.2 Å². The standard InChI is InChI=1S/C19H25ClF3IN5OP/c1-4-16-14(6-5-7-25-16)18(19(21,22)23)28-8-9-29(13(2)11-28)17(15(20)12-30)10-26-27(3)31-24/h5-7,10,12-13,18,31H,4,8-9,11H2,1-3H3/b17-15-,26-10-. The van der Waals surface area contributed by atoms with Gasteiger partial charge in [-0.3, -0.25) is 19.5 Å². The number of carbonyl (C=O) groups is 1. The van der Waals surface area contributed by atoms with Crippen molar-refractivity contribution in [1.82, 2.24) is 19.6 Å². The number of piperazine rings is 1. The predicted molar refractivity (Wildman–Crippen MR) is 128 cm³/mol. The molecule has 1 saturated heterocycles. The summed E-state index contributed by atoms with van der Waals surface area (Å²) >= 11 is 8.29. The lowest BCUT2D eigenvalue weighted by Gasteiger charge is -2.45. The van der Waals surface area contributed by atoms with E-state index in [-0.39, 0.29) is 36.3 Å². The molecular weight excluding hydrogens is 565 g/mol. The molecule has 2 rings (SSSR count). The minimum Gasteiger partial charge on any atom is -0.364 e. The number of pyridine rings is 1. The zero-order chi connectivity index (χ0) is 23.2. The van der Waals surface area contributed by atoms with E-state index >= 15 is 0 Å². The zero-order valence-corrected chi connectivity index (χ0v) is 21.3. The van der Waals surface area contributed by atoms with Crippen LogP contribution in [0.2, 0.25) is 0 Å². The van der Waals surface area contributed by atoms with E-state index in [1.807, 2.05) is 11.8 Å². The molecule has 1 aromatic rings. The molecule has 0 N–H and O–H groups in total. The molecule has 1 aromatic heterocycles. The number of carbonyl (C=O) groups excluding carboxylic acids is 1. The summed E-state index contributed by atoms with van der Waals surface area (Å²) in [5.41, 5.74) is 1.04. The minimum atomic E-state index is -4.45. The number of allylic oxidation sites excluding steroid dienone is 2. The van der Waals surface area contributed by atoms with Gasteiger partial charge in [0, 0.05) is 44.6 Å². The van der Waals surface area contributed by atoms with Crippen molar-refractivity contribution in [3.8, 4) is 0 Å². The number of nitrogens with zero attached hydrogens (tertiary/aromatic N) is 5. The molecule has 0 aromatic carbocycles. The lowest BCUT2D eigenvalue weighted by molar-refractivity contribution is -0.192. The molecule has 0 spiro atoms. The Bertz CT molecular complexity index is 826. The van der Waals surface area contributed by atoms with Gasteiger partial charge in [0.05, 0.1) is 18.3 Å². The smallest absolute Gasteiger partial charge is 0.364 e. The van der Waals surface area contributed by atoms with Crippen molar-refractivity contribution in [3.05, 3.63) is 40.3 Å². The SMILES string of the molecule is CCc1ncccc1C(N1CCN(C(/C=N\N(C)PI)=C(\Cl)C=O)C(C)C1)C(F)(F)F. The molecule has 3 unspecified atom stereocenters. The average molecular weight is 590 g/mol. The van der Waals surface area contributed by atoms with Crippen molar-refractivity contribution in [2.45, 2.75) is 38.5 Å². The van der Waals surface area contributed by atoms with E-state index in [2.05, 4.69) is 32.1 Å². The first-order valence-corrected chi connectivity index (χ1v) is 14.1. The predicted octanol–water partition coefficient (Wildman–Crippen LogP) is 4.76. The third kappa shape index (κ3) is 6.76. The van der Waals surface area contributed by atoms with Gasteiger partial charge in [-0.2, -0.15) is 18.3 Å². The number of halogens is 5. The molecule has 0 bridgehead atoms. The summed E-state index contributed by atoms with van der Waals surface area (Å²) < 4.78 is 44.1. The first-order valence-electron chi connectivity index (χ1n) is 9.64. The Morgan fingerprint density at radius 3 is 2.77 bits per heavy atom. The molecule has 6 nitrogen and oxygen atoms in total. The van der Waals surface area contributed by atoms with Crippen LogP contribution < -0.4 is 0 Å². The van der Waals surface area contributed by atoms with Crippen molar-refractivity contribution >= 4 is 52.5 Å². The Morgan fingerprint density at radius 1 is 1.52 bits per heavy atom. The Morgan fingerprint density at radius 2 is 2.23 bits per heavy atom. The van der Waals surface area contributed by atoms with Crippen LogP contribution in [0.1, 0.15) is 31.1 Å². The molecule has 0 aliphatic carbocycles. The molecule has 3 atom stereocenters. The fourth-order valence-electron chi connectivity index (χ4n) is 3.65. The number of hydrogen-bond acceptors (Lipinski definition) is 6. The third-order valence-corrected chi connectivity index (χ3v) is 7.76. The second-order valence-corrected chi connectivity index (χ2v) is 9.75.